The Balaban J connectivity index is 1.39. The normalized spacial score (nSPS) is 15.5. The van der Waals surface area contributed by atoms with Crippen molar-refractivity contribution in [2.75, 3.05) is 30.4 Å². The van der Waals surface area contributed by atoms with E-state index in [0.717, 1.165) is 18.2 Å². The molecule has 41 heavy (non-hydrogen) atoms. The maximum atomic E-state index is 15.3. The molecule has 1 atom stereocenters. The van der Waals surface area contributed by atoms with Gasteiger partial charge in [-0.05, 0) is 36.4 Å². The number of aromatic nitrogens is 2. The summed E-state index contributed by atoms with van der Waals surface area (Å²) < 4.78 is 88.5. The van der Waals surface area contributed by atoms with Crippen LogP contribution in [0.1, 0.15) is 33.2 Å². The van der Waals surface area contributed by atoms with Crippen molar-refractivity contribution in [2.24, 2.45) is 0 Å². The van der Waals surface area contributed by atoms with Crippen LogP contribution in [0.5, 0.6) is 0 Å². The molecule has 4 aromatic rings. The molecule has 0 radical (unpaired) electrons. The molecule has 1 aliphatic rings. The molecule has 212 valence electrons. The summed E-state index contributed by atoms with van der Waals surface area (Å²) in [4.78, 5) is 34.2. The first-order valence-electron chi connectivity index (χ1n) is 12.1. The predicted molar refractivity (Wildman–Crippen MR) is 135 cm³/mol. The number of morpholine rings is 1. The van der Waals surface area contributed by atoms with Gasteiger partial charge in [-0.2, -0.15) is 13.2 Å². The van der Waals surface area contributed by atoms with E-state index in [0.29, 0.717) is 43.1 Å². The van der Waals surface area contributed by atoms with E-state index in [4.69, 9.17) is 4.74 Å². The number of carbonyl (C=O) groups excluding carboxylic acids is 2. The highest BCUT2D eigenvalue weighted by atomic mass is 19.4. The van der Waals surface area contributed by atoms with E-state index < -0.39 is 52.3 Å². The minimum Gasteiger partial charge on any atom is -0.378 e. The molecule has 0 spiro atoms. The van der Waals surface area contributed by atoms with E-state index in [-0.39, 0.29) is 22.8 Å². The SMILES string of the molecule is O=C(Nc1cccc(C(F)(F)F)c1)Nc1cc(F)c(F)c(C(=O)c2ccc3nc(C4COCCN4)cnc3c2)c1F. The van der Waals surface area contributed by atoms with Crippen LogP contribution in [0, 0.1) is 17.5 Å². The first kappa shape index (κ1) is 28.0. The maximum absolute atomic E-state index is 15.3. The summed E-state index contributed by atoms with van der Waals surface area (Å²) in [7, 11) is 0. The summed E-state index contributed by atoms with van der Waals surface area (Å²) in [6.45, 7) is 1.59. The molecule has 0 saturated carbocycles. The van der Waals surface area contributed by atoms with Gasteiger partial charge in [0.15, 0.2) is 23.2 Å². The number of hydrogen-bond acceptors (Lipinski definition) is 6. The van der Waals surface area contributed by atoms with Crippen LogP contribution in [0.2, 0.25) is 0 Å². The maximum Gasteiger partial charge on any atom is 0.416 e. The lowest BCUT2D eigenvalue weighted by atomic mass is 10.0. The molecule has 1 aliphatic heterocycles. The molecule has 1 aromatic heterocycles. The van der Waals surface area contributed by atoms with Crippen molar-refractivity contribution < 1.29 is 40.7 Å². The molecular weight excluding hydrogens is 556 g/mol. The van der Waals surface area contributed by atoms with Crippen LogP contribution in [-0.4, -0.2) is 41.5 Å². The highest BCUT2D eigenvalue weighted by molar-refractivity contribution is 6.11. The number of amides is 2. The molecule has 2 amide bonds. The summed E-state index contributed by atoms with van der Waals surface area (Å²) in [5, 5.41) is 7.17. The number of nitrogens with one attached hydrogen (secondary N) is 3. The van der Waals surface area contributed by atoms with Crippen molar-refractivity contribution in [2.45, 2.75) is 12.2 Å². The van der Waals surface area contributed by atoms with Crippen LogP contribution in [-0.2, 0) is 10.9 Å². The number of ether oxygens (including phenoxy) is 1. The Hall–Kier alpha value is -4.56. The summed E-state index contributed by atoms with van der Waals surface area (Å²) >= 11 is 0. The number of anilines is 2. The Morgan fingerprint density at radius 3 is 2.51 bits per heavy atom. The molecule has 2 heterocycles. The zero-order valence-electron chi connectivity index (χ0n) is 20.8. The Bertz CT molecular complexity index is 1660. The van der Waals surface area contributed by atoms with E-state index in [9.17, 15) is 31.5 Å². The second-order valence-electron chi connectivity index (χ2n) is 8.98. The van der Waals surface area contributed by atoms with Crippen LogP contribution in [0.3, 0.4) is 0 Å². The third-order valence-corrected chi connectivity index (χ3v) is 6.18. The van der Waals surface area contributed by atoms with Crippen molar-refractivity contribution in [1.29, 1.82) is 0 Å². The Morgan fingerprint density at radius 1 is 0.976 bits per heavy atom. The fourth-order valence-electron chi connectivity index (χ4n) is 4.19. The van der Waals surface area contributed by atoms with E-state index in [2.05, 4.69) is 15.3 Å². The van der Waals surface area contributed by atoms with Gasteiger partial charge < -0.3 is 20.7 Å². The minimum atomic E-state index is -4.69. The van der Waals surface area contributed by atoms with Gasteiger partial charge in [0.1, 0.15) is 0 Å². The highest BCUT2D eigenvalue weighted by Crippen LogP contribution is 2.31. The molecule has 3 aromatic carbocycles. The molecule has 3 N–H and O–H groups in total. The largest absolute Gasteiger partial charge is 0.416 e. The monoisotopic (exact) mass is 575 g/mol. The van der Waals surface area contributed by atoms with E-state index in [1.54, 1.807) is 0 Å². The summed E-state index contributed by atoms with van der Waals surface area (Å²) in [5.41, 5.74) is -2.58. The summed E-state index contributed by atoms with van der Waals surface area (Å²) in [6.07, 6.45) is -3.22. The average molecular weight is 575 g/mol. The topological polar surface area (TPSA) is 105 Å². The highest BCUT2D eigenvalue weighted by Gasteiger charge is 2.31. The molecule has 0 aliphatic carbocycles. The molecule has 1 saturated heterocycles. The third-order valence-electron chi connectivity index (χ3n) is 6.18. The number of nitrogens with zero attached hydrogens (tertiary/aromatic N) is 2. The Kier molecular flexibility index (Phi) is 7.60. The van der Waals surface area contributed by atoms with Crippen molar-refractivity contribution in [3.8, 4) is 0 Å². The smallest absolute Gasteiger partial charge is 0.378 e. The zero-order chi connectivity index (χ0) is 29.3. The summed E-state index contributed by atoms with van der Waals surface area (Å²) in [5.74, 6) is -6.26. The van der Waals surface area contributed by atoms with Gasteiger partial charge in [0.2, 0.25) is 0 Å². The van der Waals surface area contributed by atoms with Crippen LogP contribution < -0.4 is 16.0 Å². The number of urea groups is 1. The lowest BCUT2D eigenvalue weighted by Gasteiger charge is -2.23. The standard InChI is InChI=1S/C27H19F6N5O3/c28-16-10-19(38-26(40)36-15-3-1-2-14(9-15)27(31,32)33)24(30)22(23(16)29)25(39)13-4-5-17-18(8-13)35-11-20(37-17)21-12-41-7-6-34-21/h1-5,8-11,21,34H,6-7,12H2,(H2,36,38,40). The quantitative estimate of drug-likeness (QED) is 0.163. The van der Waals surface area contributed by atoms with Gasteiger partial charge in [-0.15, -0.1) is 0 Å². The molecule has 5 rings (SSSR count). The number of ketones is 1. The van der Waals surface area contributed by atoms with Gasteiger partial charge in [0.05, 0.1) is 59.0 Å². The van der Waals surface area contributed by atoms with Crippen LogP contribution in [0.15, 0.2) is 54.7 Å². The number of benzene rings is 3. The number of rotatable bonds is 5. The molecule has 1 unspecified atom stereocenters. The number of hydrogen-bond donors (Lipinski definition) is 3. The lowest BCUT2D eigenvalue weighted by molar-refractivity contribution is -0.137. The van der Waals surface area contributed by atoms with Gasteiger partial charge in [0.25, 0.3) is 0 Å². The fraction of sp³-hybridized carbons (Fsp3) is 0.185. The minimum absolute atomic E-state index is 0.186. The lowest BCUT2D eigenvalue weighted by Crippen LogP contribution is -2.35. The van der Waals surface area contributed by atoms with Crippen LogP contribution in [0.4, 0.5) is 42.5 Å². The second-order valence-corrected chi connectivity index (χ2v) is 8.98. The third kappa shape index (κ3) is 5.98. The number of carbonyl (C=O) groups is 2. The van der Waals surface area contributed by atoms with Crippen LogP contribution in [0.25, 0.3) is 11.0 Å². The van der Waals surface area contributed by atoms with Crippen LogP contribution >= 0.6 is 0 Å². The Morgan fingerprint density at radius 2 is 1.78 bits per heavy atom. The number of fused-ring (bicyclic) bond motifs is 1. The van der Waals surface area contributed by atoms with Crippen molar-refractivity contribution in [3.05, 3.63) is 94.6 Å². The number of alkyl halides is 3. The van der Waals surface area contributed by atoms with E-state index in [1.165, 1.54) is 24.4 Å². The molecule has 1 fully saturated rings. The predicted octanol–water partition coefficient (Wildman–Crippen LogP) is 5.60. The number of halogens is 6. The van der Waals surface area contributed by atoms with E-state index >= 15 is 4.39 Å². The van der Waals surface area contributed by atoms with Gasteiger partial charge in [-0.3, -0.25) is 9.78 Å². The second kappa shape index (κ2) is 11.1. The molecule has 8 nitrogen and oxygen atoms in total. The van der Waals surface area contributed by atoms with Gasteiger partial charge in [-0.1, -0.05) is 6.07 Å². The van der Waals surface area contributed by atoms with Gasteiger partial charge in [-0.25, -0.2) is 22.9 Å². The van der Waals surface area contributed by atoms with Gasteiger partial charge in [0, 0.05) is 23.9 Å². The fourth-order valence-corrected chi connectivity index (χ4v) is 4.19. The molecule has 14 heteroatoms. The first-order chi connectivity index (χ1) is 19.5. The van der Waals surface area contributed by atoms with Gasteiger partial charge >= 0.3 is 12.2 Å². The summed E-state index contributed by atoms with van der Waals surface area (Å²) in [6, 6.07) is 6.32. The van der Waals surface area contributed by atoms with Crippen molar-refractivity contribution >= 4 is 34.2 Å². The first-order valence-corrected chi connectivity index (χ1v) is 12.1. The Labute approximate surface area is 227 Å². The molecular formula is C27H19F6N5O3. The van der Waals surface area contributed by atoms with Crippen molar-refractivity contribution in [1.82, 2.24) is 15.3 Å². The van der Waals surface area contributed by atoms with E-state index in [1.807, 2.05) is 10.6 Å². The molecule has 0 bridgehead atoms. The zero-order valence-corrected chi connectivity index (χ0v) is 20.8. The van der Waals surface area contributed by atoms with Crippen molar-refractivity contribution in [3.63, 3.8) is 0 Å². The average Bonchev–Trinajstić information content (AvgIpc) is 2.95.